The molecule has 0 radical (unpaired) electrons. The van der Waals surface area contributed by atoms with E-state index in [1.54, 1.807) is 6.08 Å². The fourth-order valence-electron chi connectivity index (χ4n) is 4.35. The van der Waals surface area contributed by atoms with Crippen molar-refractivity contribution in [3.05, 3.63) is 23.8 Å². The molecule has 1 saturated carbocycles. The highest BCUT2D eigenvalue weighted by molar-refractivity contribution is 5.95. The molecular formula is C15H18O3. The lowest BCUT2D eigenvalue weighted by molar-refractivity contribution is -0.144. The van der Waals surface area contributed by atoms with Crippen LogP contribution in [0.25, 0.3) is 0 Å². The Hall–Kier alpha value is -1.38. The number of hydrogen-bond acceptors (Lipinski definition) is 2. The zero-order chi connectivity index (χ0) is 13.3. The summed E-state index contributed by atoms with van der Waals surface area (Å²) < 4.78 is 0. The van der Waals surface area contributed by atoms with Crippen molar-refractivity contribution in [3.8, 4) is 0 Å². The number of ketones is 1. The van der Waals surface area contributed by atoms with E-state index in [-0.39, 0.29) is 29.0 Å². The quantitative estimate of drug-likeness (QED) is 0.773. The van der Waals surface area contributed by atoms with Gasteiger partial charge in [-0.25, -0.2) is 0 Å². The van der Waals surface area contributed by atoms with Gasteiger partial charge in [-0.2, -0.15) is 0 Å². The van der Waals surface area contributed by atoms with Crippen LogP contribution in [0.4, 0.5) is 0 Å². The predicted molar refractivity (Wildman–Crippen MR) is 66.8 cm³/mol. The van der Waals surface area contributed by atoms with Gasteiger partial charge in [0.25, 0.3) is 0 Å². The number of fused-ring (bicyclic) bond motifs is 3. The van der Waals surface area contributed by atoms with E-state index in [1.807, 2.05) is 19.9 Å². The summed E-state index contributed by atoms with van der Waals surface area (Å²) in [7, 11) is 0. The second kappa shape index (κ2) is 3.14. The molecule has 3 aliphatic rings. The SMILES string of the molecule is C[C@@H]1C(=O)C=CC2=CC[C@@H]3[C@H]([C@]21C)[C@@]3(C)C(=O)O. The summed E-state index contributed by atoms with van der Waals surface area (Å²) in [6.07, 6.45) is 6.48. The molecule has 0 spiro atoms. The zero-order valence-corrected chi connectivity index (χ0v) is 10.9. The number of carboxylic acids is 1. The van der Waals surface area contributed by atoms with Crippen LogP contribution in [0.2, 0.25) is 0 Å². The van der Waals surface area contributed by atoms with E-state index in [0.717, 1.165) is 12.0 Å². The molecule has 3 aliphatic carbocycles. The summed E-state index contributed by atoms with van der Waals surface area (Å²) in [5.74, 6) is -0.447. The van der Waals surface area contributed by atoms with Gasteiger partial charge in [0.2, 0.25) is 0 Å². The smallest absolute Gasteiger partial charge is 0.309 e. The summed E-state index contributed by atoms with van der Waals surface area (Å²) in [6.45, 7) is 5.83. The second-order valence-electron chi connectivity index (χ2n) is 6.31. The summed E-state index contributed by atoms with van der Waals surface area (Å²) >= 11 is 0. The number of allylic oxidation sites excluding steroid dienone is 4. The Morgan fingerprint density at radius 1 is 1.39 bits per heavy atom. The first kappa shape index (κ1) is 11.7. The van der Waals surface area contributed by atoms with Crippen LogP contribution in [-0.4, -0.2) is 16.9 Å². The maximum Gasteiger partial charge on any atom is 0.309 e. The van der Waals surface area contributed by atoms with Crippen molar-refractivity contribution in [1.82, 2.24) is 0 Å². The molecule has 0 aromatic carbocycles. The van der Waals surface area contributed by atoms with Crippen LogP contribution >= 0.6 is 0 Å². The Morgan fingerprint density at radius 2 is 2.06 bits per heavy atom. The lowest BCUT2D eigenvalue weighted by Gasteiger charge is -2.41. The number of rotatable bonds is 1. The first-order valence-corrected chi connectivity index (χ1v) is 6.50. The van der Waals surface area contributed by atoms with Gasteiger partial charge in [0, 0.05) is 11.3 Å². The van der Waals surface area contributed by atoms with Crippen LogP contribution in [-0.2, 0) is 9.59 Å². The molecule has 0 heterocycles. The Balaban J connectivity index is 2.11. The summed E-state index contributed by atoms with van der Waals surface area (Å²) in [4.78, 5) is 23.5. The molecule has 3 rings (SSSR count). The van der Waals surface area contributed by atoms with Crippen LogP contribution < -0.4 is 0 Å². The van der Waals surface area contributed by atoms with E-state index in [1.165, 1.54) is 0 Å². The standard InChI is InChI=1S/C15H18O3/c1-8-11(16)7-5-9-4-6-10-12(14(8,9)2)15(10,3)13(17)18/h4-5,7-8,10,12H,6H2,1-3H3,(H,17,18)/t8-,10-,12-,14+,15+/m1/s1. The van der Waals surface area contributed by atoms with Gasteiger partial charge >= 0.3 is 5.97 Å². The van der Waals surface area contributed by atoms with Gasteiger partial charge in [-0.15, -0.1) is 0 Å². The van der Waals surface area contributed by atoms with Gasteiger partial charge in [-0.05, 0) is 36.8 Å². The Morgan fingerprint density at radius 3 is 2.67 bits per heavy atom. The average molecular weight is 246 g/mol. The van der Waals surface area contributed by atoms with Crippen LogP contribution in [0.5, 0.6) is 0 Å². The maximum absolute atomic E-state index is 11.9. The molecule has 1 N–H and O–H groups in total. The molecule has 0 unspecified atom stereocenters. The van der Waals surface area contributed by atoms with E-state index >= 15 is 0 Å². The minimum absolute atomic E-state index is 0.0893. The summed E-state index contributed by atoms with van der Waals surface area (Å²) in [5.41, 5.74) is 0.190. The summed E-state index contributed by atoms with van der Waals surface area (Å²) in [6, 6.07) is 0. The average Bonchev–Trinajstić information content (AvgIpc) is 2.94. The topological polar surface area (TPSA) is 54.4 Å². The molecule has 0 bridgehead atoms. The van der Waals surface area contributed by atoms with Crippen molar-refractivity contribution in [3.63, 3.8) is 0 Å². The van der Waals surface area contributed by atoms with Gasteiger partial charge in [0.05, 0.1) is 5.41 Å². The summed E-state index contributed by atoms with van der Waals surface area (Å²) in [5, 5.41) is 9.47. The first-order chi connectivity index (χ1) is 8.34. The number of carboxylic acid groups (broad SMARTS) is 1. The molecule has 3 nitrogen and oxygen atoms in total. The molecule has 0 saturated heterocycles. The second-order valence-corrected chi connectivity index (χ2v) is 6.31. The molecule has 1 fully saturated rings. The number of aliphatic carboxylic acids is 1. The molecular weight excluding hydrogens is 228 g/mol. The van der Waals surface area contributed by atoms with E-state index in [9.17, 15) is 14.7 Å². The highest BCUT2D eigenvalue weighted by Crippen LogP contribution is 2.73. The van der Waals surface area contributed by atoms with Crippen LogP contribution in [0.3, 0.4) is 0 Å². The largest absolute Gasteiger partial charge is 0.481 e. The van der Waals surface area contributed by atoms with Gasteiger partial charge in [-0.3, -0.25) is 9.59 Å². The molecule has 3 heteroatoms. The van der Waals surface area contributed by atoms with Gasteiger partial charge in [-0.1, -0.05) is 26.0 Å². The molecule has 0 aliphatic heterocycles. The van der Waals surface area contributed by atoms with Crippen molar-refractivity contribution in [2.45, 2.75) is 27.2 Å². The fourth-order valence-corrected chi connectivity index (χ4v) is 4.35. The highest BCUT2D eigenvalue weighted by atomic mass is 16.4. The van der Waals surface area contributed by atoms with Crippen molar-refractivity contribution in [2.75, 3.05) is 0 Å². The number of hydrogen-bond donors (Lipinski definition) is 1. The molecule has 96 valence electrons. The van der Waals surface area contributed by atoms with Gasteiger partial charge in [0.1, 0.15) is 0 Å². The monoisotopic (exact) mass is 246 g/mol. The minimum Gasteiger partial charge on any atom is -0.481 e. The molecule has 5 atom stereocenters. The minimum atomic E-state index is -0.720. The van der Waals surface area contributed by atoms with Crippen molar-refractivity contribution >= 4 is 11.8 Å². The first-order valence-electron chi connectivity index (χ1n) is 6.50. The predicted octanol–water partition coefficient (Wildman–Crippen LogP) is 2.43. The maximum atomic E-state index is 11.9. The van der Waals surface area contributed by atoms with Gasteiger partial charge in [0.15, 0.2) is 5.78 Å². The van der Waals surface area contributed by atoms with Crippen LogP contribution in [0.1, 0.15) is 27.2 Å². The van der Waals surface area contributed by atoms with E-state index < -0.39 is 11.4 Å². The lowest BCUT2D eigenvalue weighted by Crippen LogP contribution is -2.40. The highest BCUT2D eigenvalue weighted by Gasteiger charge is 2.74. The Bertz CT molecular complexity index is 516. The third-order valence-electron chi connectivity index (χ3n) is 5.78. The zero-order valence-electron chi connectivity index (χ0n) is 10.9. The Kier molecular flexibility index (Phi) is 2.04. The van der Waals surface area contributed by atoms with Crippen molar-refractivity contribution < 1.29 is 14.7 Å². The number of carbonyl (C=O) groups excluding carboxylic acids is 1. The third kappa shape index (κ3) is 1.06. The number of carbonyl (C=O) groups is 2. The van der Waals surface area contributed by atoms with E-state index in [4.69, 9.17) is 0 Å². The van der Waals surface area contributed by atoms with Crippen molar-refractivity contribution in [1.29, 1.82) is 0 Å². The van der Waals surface area contributed by atoms with E-state index in [2.05, 4.69) is 13.0 Å². The normalized spacial score (nSPS) is 49.2. The molecule has 0 aromatic heterocycles. The molecule has 0 aromatic rings. The molecule has 0 amide bonds. The Labute approximate surface area is 107 Å². The third-order valence-corrected chi connectivity index (χ3v) is 5.78. The van der Waals surface area contributed by atoms with Gasteiger partial charge < -0.3 is 5.11 Å². The van der Waals surface area contributed by atoms with Crippen LogP contribution in [0.15, 0.2) is 23.8 Å². The van der Waals surface area contributed by atoms with Crippen LogP contribution in [0, 0.1) is 28.6 Å². The fraction of sp³-hybridized carbons (Fsp3) is 0.600. The lowest BCUT2D eigenvalue weighted by atomic mass is 9.61. The molecule has 18 heavy (non-hydrogen) atoms. The van der Waals surface area contributed by atoms with Crippen molar-refractivity contribution in [2.24, 2.45) is 28.6 Å². The van der Waals surface area contributed by atoms with E-state index in [0.29, 0.717) is 0 Å².